The standard InChI is InChI=1S/C18H20N2/c1-2-5-16-13-20(11-9-14(16)4-1)17-7-8-18-15(12-17)6-3-10-19-18/h1-2,4-5,7-8,12,19H,3,6,9-11,13H2. The number of rotatable bonds is 1. The fourth-order valence-electron chi connectivity index (χ4n) is 3.37. The normalized spacial score (nSPS) is 17.1. The molecule has 0 atom stereocenters. The zero-order chi connectivity index (χ0) is 13.4. The van der Waals surface area contributed by atoms with E-state index in [0.717, 1.165) is 26.1 Å². The molecule has 0 saturated heterocycles. The Hall–Kier alpha value is -1.96. The molecule has 102 valence electrons. The van der Waals surface area contributed by atoms with Gasteiger partial charge in [-0.3, -0.25) is 0 Å². The molecule has 0 aliphatic carbocycles. The summed E-state index contributed by atoms with van der Waals surface area (Å²) >= 11 is 0. The maximum Gasteiger partial charge on any atom is 0.0432 e. The zero-order valence-corrected chi connectivity index (χ0v) is 11.7. The van der Waals surface area contributed by atoms with Crippen LogP contribution in [0.1, 0.15) is 23.1 Å². The fraction of sp³-hybridized carbons (Fsp3) is 0.333. The molecule has 2 aliphatic heterocycles. The van der Waals surface area contributed by atoms with Crippen molar-refractivity contribution in [3.8, 4) is 0 Å². The van der Waals surface area contributed by atoms with Crippen LogP contribution in [0.5, 0.6) is 0 Å². The molecule has 2 heterocycles. The summed E-state index contributed by atoms with van der Waals surface area (Å²) in [6, 6.07) is 15.7. The minimum absolute atomic E-state index is 1.04. The maximum absolute atomic E-state index is 3.49. The van der Waals surface area contributed by atoms with E-state index in [1.807, 2.05) is 0 Å². The van der Waals surface area contributed by atoms with E-state index < -0.39 is 0 Å². The van der Waals surface area contributed by atoms with Gasteiger partial charge in [0, 0.05) is 31.0 Å². The molecular formula is C18H20N2. The van der Waals surface area contributed by atoms with Crippen molar-refractivity contribution in [3.63, 3.8) is 0 Å². The molecule has 2 aromatic carbocycles. The first-order valence-corrected chi connectivity index (χ1v) is 7.59. The van der Waals surface area contributed by atoms with Crippen molar-refractivity contribution in [1.29, 1.82) is 0 Å². The van der Waals surface area contributed by atoms with Gasteiger partial charge in [0.1, 0.15) is 0 Å². The van der Waals surface area contributed by atoms with E-state index in [4.69, 9.17) is 0 Å². The van der Waals surface area contributed by atoms with Crippen molar-refractivity contribution >= 4 is 11.4 Å². The number of hydrogen-bond donors (Lipinski definition) is 1. The predicted molar refractivity (Wildman–Crippen MR) is 84.4 cm³/mol. The third-order valence-electron chi connectivity index (χ3n) is 4.52. The van der Waals surface area contributed by atoms with Crippen LogP contribution in [-0.2, 0) is 19.4 Å². The molecule has 0 unspecified atom stereocenters. The third-order valence-corrected chi connectivity index (χ3v) is 4.52. The van der Waals surface area contributed by atoms with Crippen LogP contribution in [0.2, 0.25) is 0 Å². The summed E-state index contributed by atoms with van der Waals surface area (Å²) in [6.45, 7) is 3.29. The quantitative estimate of drug-likeness (QED) is 0.846. The van der Waals surface area contributed by atoms with Crippen LogP contribution in [0.3, 0.4) is 0 Å². The second-order valence-corrected chi connectivity index (χ2v) is 5.81. The Labute approximate surface area is 120 Å². The lowest BCUT2D eigenvalue weighted by Gasteiger charge is -2.31. The fourth-order valence-corrected chi connectivity index (χ4v) is 3.37. The average Bonchev–Trinajstić information content (AvgIpc) is 2.54. The van der Waals surface area contributed by atoms with E-state index >= 15 is 0 Å². The van der Waals surface area contributed by atoms with Crippen LogP contribution in [0, 0.1) is 0 Å². The molecule has 2 aliphatic rings. The molecule has 0 bridgehead atoms. The molecule has 0 fully saturated rings. The van der Waals surface area contributed by atoms with E-state index in [2.05, 4.69) is 52.7 Å². The predicted octanol–water partition coefficient (Wildman–Crippen LogP) is 3.61. The van der Waals surface area contributed by atoms with Gasteiger partial charge in [-0.15, -0.1) is 0 Å². The van der Waals surface area contributed by atoms with E-state index in [0.29, 0.717) is 0 Å². The van der Waals surface area contributed by atoms with E-state index in [9.17, 15) is 0 Å². The Morgan fingerprint density at radius 1 is 0.900 bits per heavy atom. The molecule has 2 nitrogen and oxygen atoms in total. The van der Waals surface area contributed by atoms with Gasteiger partial charge in [-0.1, -0.05) is 24.3 Å². The summed E-state index contributed by atoms with van der Waals surface area (Å²) in [5.41, 5.74) is 7.19. The summed E-state index contributed by atoms with van der Waals surface area (Å²) in [7, 11) is 0. The van der Waals surface area contributed by atoms with E-state index in [-0.39, 0.29) is 0 Å². The highest BCUT2D eigenvalue weighted by molar-refractivity contribution is 5.62. The van der Waals surface area contributed by atoms with Crippen LogP contribution in [0.4, 0.5) is 11.4 Å². The van der Waals surface area contributed by atoms with Gasteiger partial charge in [0.15, 0.2) is 0 Å². The maximum atomic E-state index is 3.49. The van der Waals surface area contributed by atoms with Gasteiger partial charge in [-0.2, -0.15) is 0 Å². The van der Waals surface area contributed by atoms with Crippen LogP contribution in [0.25, 0.3) is 0 Å². The minimum atomic E-state index is 1.04. The number of benzene rings is 2. The highest BCUT2D eigenvalue weighted by Crippen LogP contribution is 2.30. The van der Waals surface area contributed by atoms with Crippen LogP contribution in [-0.4, -0.2) is 13.1 Å². The average molecular weight is 264 g/mol. The Morgan fingerprint density at radius 3 is 2.75 bits per heavy atom. The molecule has 2 aromatic rings. The Bertz CT molecular complexity index is 633. The number of aryl methyl sites for hydroxylation is 1. The largest absolute Gasteiger partial charge is 0.385 e. The van der Waals surface area contributed by atoms with Crippen molar-refractivity contribution in [3.05, 3.63) is 59.2 Å². The first kappa shape index (κ1) is 11.8. The highest BCUT2D eigenvalue weighted by Gasteiger charge is 2.17. The van der Waals surface area contributed by atoms with Crippen LogP contribution in [0.15, 0.2) is 42.5 Å². The molecule has 20 heavy (non-hydrogen) atoms. The topological polar surface area (TPSA) is 15.3 Å². The zero-order valence-electron chi connectivity index (χ0n) is 11.7. The van der Waals surface area contributed by atoms with Crippen molar-refractivity contribution < 1.29 is 0 Å². The smallest absolute Gasteiger partial charge is 0.0432 e. The second-order valence-electron chi connectivity index (χ2n) is 5.81. The van der Waals surface area contributed by atoms with Crippen molar-refractivity contribution in [2.24, 2.45) is 0 Å². The molecule has 4 rings (SSSR count). The summed E-state index contributed by atoms with van der Waals surface area (Å²) in [5, 5.41) is 3.49. The molecule has 0 saturated carbocycles. The summed E-state index contributed by atoms with van der Waals surface area (Å²) < 4.78 is 0. The van der Waals surface area contributed by atoms with Crippen molar-refractivity contribution in [1.82, 2.24) is 0 Å². The van der Waals surface area contributed by atoms with E-state index in [1.54, 1.807) is 0 Å². The van der Waals surface area contributed by atoms with E-state index in [1.165, 1.54) is 40.9 Å². The number of nitrogens with one attached hydrogen (secondary N) is 1. The number of hydrogen-bond acceptors (Lipinski definition) is 2. The summed E-state index contributed by atoms with van der Waals surface area (Å²) in [6.07, 6.45) is 3.62. The summed E-state index contributed by atoms with van der Waals surface area (Å²) in [4.78, 5) is 2.51. The van der Waals surface area contributed by atoms with Crippen LogP contribution >= 0.6 is 0 Å². The lowest BCUT2D eigenvalue weighted by atomic mass is 9.98. The van der Waals surface area contributed by atoms with Crippen molar-refractivity contribution in [2.75, 3.05) is 23.3 Å². The second kappa shape index (κ2) is 4.86. The molecule has 0 radical (unpaired) electrons. The Morgan fingerprint density at radius 2 is 1.80 bits per heavy atom. The van der Waals surface area contributed by atoms with Gasteiger partial charge in [-0.25, -0.2) is 0 Å². The van der Waals surface area contributed by atoms with Crippen molar-refractivity contribution in [2.45, 2.75) is 25.8 Å². The van der Waals surface area contributed by atoms with Gasteiger partial charge < -0.3 is 10.2 Å². The highest BCUT2D eigenvalue weighted by atomic mass is 15.1. The SMILES string of the molecule is c1ccc2c(c1)CCN(c1ccc3c(c1)CCCN3)C2. The first-order valence-electron chi connectivity index (χ1n) is 7.59. The molecule has 1 N–H and O–H groups in total. The number of nitrogens with zero attached hydrogens (tertiary/aromatic N) is 1. The molecule has 0 amide bonds. The lowest BCUT2D eigenvalue weighted by Crippen LogP contribution is -2.30. The Kier molecular flexibility index (Phi) is 2.87. The molecule has 0 spiro atoms. The first-order chi connectivity index (χ1) is 9.90. The third kappa shape index (κ3) is 2.05. The lowest BCUT2D eigenvalue weighted by molar-refractivity contribution is 0.730. The van der Waals surface area contributed by atoms with Crippen LogP contribution < -0.4 is 10.2 Å². The van der Waals surface area contributed by atoms with Gasteiger partial charge >= 0.3 is 0 Å². The molecular weight excluding hydrogens is 244 g/mol. The Balaban J connectivity index is 1.63. The van der Waals surface area contributed by atoms with Gasteiger partial charge in [-0.05, 0) is 54.2 Å². The monoisotopic (exact) mass is 264 g/mol. The van der Waals surface area contributed by atoms with Gasteiger partial charge in [0.2, 0.25) is 0 Å². The summed E-state index contributed by atoms with van der Waals surface area (Å²) in [5.74, 6) is 0. The molecule has 2 heteroatoms. The number of fused-ring (bicyclic) bond motifs is 2. The number of anilines is 2. The molecule has 0 aromatic heterocycles. The van der Waals surface area contributed by atoms with Gasteiger partial charge in [0.05, 0.1) is 0 Å². The minimum Gasteiger partial charge on any atom is -0.385 e. The van der Waals surface area contributed by atoms with Gasteiger partial charge in [0.25, 0.3) is 0 Å².